The molecule has 0 aromatic heterocycles. The molecule has 2 aliphatic rings. The number of ether oxygens (including phenoxy) is 3. The average molecular weight is 418 g/mol. The summed E-state index contributed by atoms with van der Waals surface area (Å²) in [6.07, 6.45) is 1.97. The third kappa shape index (κ3) is 4.67. The average Bonchev–Trinajstić information content (AvgIpc) is 2.59. The highest BCUT2D eigenvalue weighted by molar-refractivity contribution is 5.73. The van der Waals surface area contributed by atoms with E-state index in [1.165, 1.54) is 5.56 Å². The largest absolute Gasteiger partial charge is 0.416 e. The van der Waals surface area contributed by atoms with Gasteiger partial charge in [-0.05, 0) is 57.2 Å². The fourth-order valence-corrected chi connectivity index (χ4v) is 5.09. The Morgan fingerprint density at radius 2 is 1.53 bits per heavy atom. The summed E-state index contributed by atoms with van der Waals surface area (Å²) in [5, 5.41) is 0. The van der Waals surface area contributed by atoms with E-state index < -0.39 is 16.9 Å². The predicted octanol–water partition coefficient (Wildman–Crippen LogP) is 5.91. The number of carbonyl (C=O) groups is 1. The molecule has 0 unspecified atom stereocenters. The Morgan fingerprint density at radius 1 is 1.03 bits per heavy atom. The number of likely N-dealkylation sites (tertiary alicyclic amines) is 1. The summed E-state index contributed by atoms with van der Waals surface area (Å²) in [5.74, 6) is 0.376. The van der Waals surface area contributed by atoms with E-state index in [0.29, 0.717) is 37.7 Å². The SMILES string of the molecule is CCC1COC2(CC(C)(C)N(C(=O)Oc3ccc(C(C)(C)C)cc3)C(C)(C)C2)OC1. The molecule has 5 nitrogen and oxygen atoms in total. The lowest BCUT2D eigenvalue weighted by Crippen LogP contribution is -2.69. The molecule has 1 amide bonds. The van der Waals surface area contributed by atoms with E-state index >= 15 is 0 Å². The molecule has 2 aliphatic heterocycles. The number of hydrogen-bond acceptors (Lipinski definition) is 4. The first-order valence-electron chi connectivity index (χ1n) is 11.2. The standard InChI is InChI=1S/C25H39NO4/c1-9-18-14-28-25(29-15-18)16-23(5,6)26(24(7,8)17-25)21(27)30-20-12-10-19(11-13-20)22(2,3)4/h10-13,18H,9,14-17H2,1-8H3. The molecule has 30 heavy (non-hydrogen) atoms. The Morgan fingerprint density at radius 3 is 1.97 bits per heavy atom. The van der Waals surface area contributed by atoms with E-state index in [2.05, 4.69) is 55.4 Å². The lowest BCUT2D eigenvalue weighted by molar-refractivity contribution is -0.323. The van der Waals surface area contributed by atoms with Crippen molar-refractivity contribution in [3.8, 4) is 5.75 Å². The molecule has 168 valence electrons. The highest BCUT2D eigenvalue weighted by atomic mass is 16.7. The summed E-state index contributed by atoms with van der Waals surface area (Å²) in [6, 6.07) is 7.81. The number of carbonyl (C=O) groups excluding carboxylic acids is 1. The molecule has 0 saturated carbocycles. The molecule has 0 N–H and O–H groups in total. The van der Waals surface area contributed by atoms with E-state index in [-0.39, 0.29) is 11.5 Å². The van der Waals surface area contributed by atoms with Gasteiger partial charge in [0.2, 0.25) is 0 Å². The Balaban J connectivity index is 1.76. The van der Waals surface area contributed by atoms with Crippen LogP contribution in [0.4, 0.5) is 4.79 Å². The Hall–Kier alpha value is -1.59. The van der Waals surface area contributed by atoms with Crippen LogP contribution in [0, 0.1) is 5.92 Å². The maximum absolute atomic E-state index is 13.3. The third-order valence-corrected chi connectivity index (χ3v) is 6.46. The van der Waals surface area contributed by atoms with Crippen molar-refractivity contribution in [1.29, 1.82) is 0 Å². The van der Waals surface area contributed by atoms with Crippen LogP contribution in [0.1, 0.15) is 80.2 Å². The molecule has 0 atom stereocenters. The summed E-state index contributed by atoms with van der Waals surface area (Å²) in [7, 11) is 0. The number of hydrogen-bond donors (Lipinski definition) is 0. The Labute approximate surface area is 182 Å². The van der Waals surface area contributed by atoms with E-state index in [9.17, 15) is 4.79 Å². The smallest absolute Gasteiger partial charge is 0.410 e. The van der Waals surface area contributed by atoms with Crippen molar-refractivity contribution < 1.29 is 19.0 Å². The summed E-state index contributed by atoms with van der Waals surface area (Å²) >= 11 is 0. The van der Waals surface area contributed by atoms with Crippen molar-refractivity contribution in [3.05, 3.63) is 29.8 Å². The highest BCUT2D eigenvalue weighted by Crippen LogP contribution is 2.47. The van der Waals surface area contributed by atoms with Gasteiger partial charge in [0.05, 0.1) is 13.2 Å². The molecule has 3 rings (SSSR count). The van der Waals surface area contributed by atoms with Crippen molar-refractivity contribution in [2.45, 2.75) is 96.9 Å². The van der Waals surface area contributed by atoms with Gasteiger partial charge >= 0.3 is 6.09 Å². The van der Waals surface area contributed by atoms with Gasteiger partial charge in [-0.2, -0.15) is 0 Å². The van der Waals surface area contributed by atoms with Crippen LogP contribution in [0.2, 0.25) is 0 Å². The van der Waals surface area contributed by atoms with Crippen LogP contribution in [0.5, 0.6) is 5.75 Å². The van der Waals surface area contributed by atoms with Crippen LogP contribution in [-0.2, 0) is 14.9 Å². The van der Waals surface area contributed by atoms with Crippen LogP contribution >= 0.6 is 0 Å². The minimum absolute atomic E-state index is 0.0600. The van der Waals surface area contributed by atoms with Crippen LogP contribution in [0.3, 0.4) is 0 Å². The van der Waals surface area contributed by atoms with Crippen molar-refractivity contribution in [1.82, 2.24) is 4.90 Å². The van der Waals surface area contributed by atoms with Gasteiger partial charge in [0.25, 0.3) is 0 Å². The third-order valence-electron chi connectivity index (χ3n) is 6.46. The van der Waals surface area contributed by atoms with Crippen molar-refractivity contribution >= 4 is 6.09 Å². The molecule has 0 aliphatic carbocycles. The Kier molecular flexibility index (Phi) is 6.02. The second-order valence-electron chi connectivity index (χ2n) is 11.3. The molecule has 1 spiro atoms. The second-order valence-corrected chi connectivity index (χ2v) is 11.3. The zero-order chi connectivity index (χ0) is 22.4. The number of nitrogens with zero attached hydrogens (tertiary/aromatic N) is 1. The number of benzene rings is 1. The molecule has 2 saturated heterocycles. The number of piperidine rings is 1. The summed E-state index contributed by atoms with van der Waals surface area (Å²) in [4.78, 5) is 15.1. The fourth-order valence-electron chi connectivity index (χ4n) is 5.09. The maximum atomic E-state index is 13.3. The molecule has 5 heteroatoms. The lowest BCUT2D eigenvalue weighted by atomic mass is 9.76. The van der Waals surface area contributed by atoms with E-state index in [0.717, 1.165) is 6.42 Å². The first-order valence-corrected chi connectivity index (χ1v) is 11.2. The summed E-state index contributed by atoms with van der Waals surface area (Å²) < 4.78 is 18.4. The highest BCUT2D eigenvalue weighted by Gasteiger charge is 2.57. The van der Waals surface area contributed by atoms with Gasteiger partial charge in [-0.3, -0.25) is 4.90 Å². The van der Waals surface area contributed by atoms with Crippen molar-refractivity contribution in [2.75, 3.05) is 13.2 Å². The molecular weight excluding hydrogens is 378 g/mol. The maximum Gasteiger partial charge on any atom is 0.416 e. The molecule has 2 heterocycles. The molecule has 1 aromatic rings. The first-order chi connectivity index (χ1) is 13.8. The topological polar surface area (TPSA) is 48.0 Å². The normalized spacial score (nSPS) is 23.4. The summed E-state index contributed by atoms with van der Waals surface area (Å²) in [6.45, 7) is 18.4. The van der Waals surface area contributed by atoms with Crippen LogP contribution < -0.4 is 4.74 Å². The van der Waals surface area contributed by atoms with Gasteiger partial charge in [-0.1, -0.05) is 39.8 Å². The molecular formula is C25H39NO4. The molecule has 1 aromatic carbocycles. The summed E-state index contributed by atoms with van der Waals surface area (Å²) in [5.41, 5.74) is 0.330. The van der Waals surface area contributed by atoms with Crippen molar-refractivity contribution in [3.63, 3.8) is 0 Å². The van der Waals surface area contributed by atoms with Gasteiger partial charge in [0.15, 0.2) is 5.79 Å². The van der Waals surface area contributed by atoms with Gasteiger partial charge in [-0.25, -0.2) is 4.79 Å². The van der Waals surface area contributed by atoms with Gasteiger partial charge in [-0.15, -0.1) is 0 Å². The molecule has 2 fully saturated rings. The van der Waals surface area contributed by atoms with E-state index in [1.54, 1.807) is 0 Å². The van der Waals surface area contributed by atoms with Gasteiger partial charge < -0.3 is 14.2 Å². The quantitative estimate of drug-likeness (QED) is 0.600. The second kappa shape index (κ2) is 7.83. The lowest BCUT2D eigenvalue weighted by Gasteiger charge is -2.58. The van der Waals surface area contributed by atoms with Crippen LogP contribution in [-0.4, -0.2) is 41.1 Å². The zero-order valence-corrected chi connectivity index (χ0v) is 20.0. The Bertz CT molecular complexity index is 732. The van der Waals surface area contributed by atoms with Gasteiger partial charge in [0, 0.05) is 29.8 Å². The van der Waals surface area contributed by atoms with Crippen LogP contribution in [0.25, 0.3) is 0 Å². The minimum Gasteiger partial charge on any atom is -0.410 e. The van der Waals surface area contributed by atoms with Crippen molar-refractivity contribution in [2.24, 2.45) is 5.92 Å². The van der Waals surface area contributed by atoms with Crippen LogP contribution in [0.15, 0.2) is 24.3 Å². The zero-order valence-electron chi connectivity index (χ0n) is 20.0. The van der Waals surface area contributed by atoms with E-state index in [4.69, 9.17) is 14.2 Å². The predicted molar refractivity (Wildman–Crippen MR) is 119 cm³/mol. The number of rotatable bonds is 2. The van der Waals surface area contributed by atoms with Gasteiger partial charge in [0.1, 0.15) is 5.75 Å². The first kappa shape index (κ1) is 23.1. The molecule has 0 bridgehead atoms. The van der Waals surface area contributed by atoms with E-state index in [1.807, 2.05) is 29.2 Å². The monoisotopic (exact) mass is 417 g/mol. The number of amides is 1. The molecule has 0 radical (unpaired) electrons. The fraction of sp³-hybridized carbons (Fsp3) is 0.720. The minimum atomic E-state index is -0.635.